The molecule has 2 aromatic rings. The van der Waals surface area contributed by atoms with E-state index in [2.05, 4.69) is 10.2 Å². The third-order valence-corrected chi connectivity index (χ3v) is 3.28. The summed E-state index contributed by atoms with van der Waals surface area (Å²) in [7, 11) is 0. The molecule has 1 aromatic carbocycles. The molecule has 0 atom stereocenters. The van der Waals surface area contributed by atoms with Gasteiger partial charge in [-0.1, -0.05) is 35.1 Å². The molecule has 0 radical (unpaired) electrons. The minimum absolute atomic E-state index is 0.436. The monoisotopic (exact) mass is 252 g/mol. The van der Waals surface area contributed by atoms with Gasteiger partial charge in [0.25, 0.3) is 0 Å². The standard InChI is InChI=1S/C11H9ClN2OS/c12-9-4-1-8(2-5-9)3-6-10-13-14-11(7-15)16-10/h1-2,4-5,7H,3,6H2. The lowest BCUT2D eigenvalue weighted by Gasteiger charge is -1.98. The van der Waals surface area contributed by atoms with Crippen LogP contribution in [0, 0.1) is 0 Å². The Hall–Kier alpha value is -1.26. The first-order chi connectivity index (χ1) is 7.78. The Morgan fingerprint density at radius 1 is 1.19 bits per heavy atom. The number of carbonyl (C=O) groups is 1. The van der Waals surface area contributed by atoms with Gasteiger partial charge >= 0.3 is 0 Å². The maximum absolute atomic E-state index is 10.4. The highest BCUT2D eigenvalue weighted by molar-refractivity contribution is 7.12. The molecule has 5 heteroatoms. The smallest absolute Gasteiger partial charge is 0.180 e. The number of aromatic nitrogens is 2. The van der Waals surface area contributed by atoms with Crippen LogP contribution in [0.4, 0.5) is 0 Å². The molecule has 0 saturated carbocycles. The van der Waals surface area contributed by atoms with Crippen LogP contribution in [-0.2, 0) is 12.8 Å². The molecule has 1 aromatic heterocycles. The number of rotatable bonds is 4. The number of hydrogen-bond donors (Lipinski definition) is 0. The molecule has 0 aliphatic rings. The minimum Gasteiger partial charge on any atom is -0.295 e. The lowest BCUT2D eigenvalue weighted by Crippen LogP contribution is -1.90. The number of halogens is 1. The van der Waals surface area contributed by atoms with Crippen LogP contribution < -0.4 is 0 Å². The summed E-state index contributed by atoms with van der Waals surface area (Å²) in [6.07, 6.45) is 2.40. The topological polar surface area (TPSA) is 42.9 Å². The Kier molecular flexibility index (Phi) is 3.64. The molecule has 2 rings (SSSR count). The van der Waals surface area contributed by atoms with Crippen molar-refractivity contribution in [2.45, 2.75) is 12.8 Å². The summed E-state index contributed by atoms with van der Waals surface area (Å²) >= 11 is 7.13. The summed E-state index contributed by atoms with van der Waals surface area (Å²) in [5.41, 5.74) is 1.20. The lowest BCUT2D eigenvalue weighted by atomic mass is 10.1. The third kappa shape index (κ3) is 2.87. The van der Waals surface area contributed by atoms with Crippen LogP contribution in [-0.4, -0.2) is 16.5 Å². The minimum atomic E-state index is 0.436. The molecule has 0 fully saturated rings. The molecule has 0 N–H and O–H groups in total. The van der Waals surface area contributed by atoms with E-state index < -0.39 is 0 Å². The maximum atomic E-state index is 10.4. The molecule has 0 aliphatic heterocycles. The van der Waals surface area contributed by atoms with Crippen molar-refractivity contribution >= 4 is 29.2 Å². The van der Waals surface area contributed by atoms with Crippen LogP contribution in [0.25, 0.3) is 0 Å². The molecule has 1 heterocycles. The predicted molar refractivity (Wildman–Crippen MR) is 64.2 cm³/mol. The molecule has 0 amide bonds. The van der Waals surface area contributed by atoms with Crippen LogP contribution >= 0.6 is 22.9 Å². The quantitative estimate of drug-likeness (QED) is 0.786. The summed E-state index contributed by atoms with van der Waals surface area (Å²) in [6.45, 7) is 0. The average Bonchev–Trinajstić information content (AvgIpc) is 2.76. The molecule has 3 nitrogen and oxygen atoms in total. The van der Waals surface area contributed by atoms with Crippen LogP contribution in [0.2, 0.25) is 5.02 Å². The van der Waals surface area contributed by atoms with Gasteiger partial charge in [0, 0.05) is 11.4 Å². The maximum Gasteiger partial charge on any atom is 0.180 e. The van der Waals surface area contributed by atoms with Crippen LogP contribution in [0.3, 0.4) is 0 Å². The second-order valence-corrected chi connectivity index (χ2v) is 4.81. The van der Waals surface area contributed by atoms with E-state index in [1.165, 1.54) is 16.9 Å². The summed E-state index contributed by atoms with van der Waals surface area (Å²) in [5, 5.41) is 9.73. The van der Waals surface area contributed by atoms with Gasteiger partial charge in [-0.15, -0.1) is 10.2 Å². The van der Waals surface area contributed by atoms with Crippen molar-refractivity contribution in [2.24, 2.45) is 0 Å². The highest BCUT2D eigenvalue weighted by Gasteiger charge is 2.03. The van der Waals surface area contributed by atoms with Crippen LogP contribution in [0.1, 0.15) is 20.4 Å². The average molecular weight is 253 g/mol. The molecule has 0 aliphatic carbocycles. The first kappa shape index (κ1) is 11.2. The number of carbonyl (C=O) groups excluding carboxylic acids is 1. The van der Waals surface area contributed by atoms with Gasteiger partial charge in [0.1, 0.15) is 5.01 Å². The lowest BCUT2D eigenvalue weighted by molar-refractivity contribution is 0.112. The summed E-state index contributed by atoms with van der Waals surface area (Å²) in [4.78, 5) is 10.4. The molecule has 0 saturated heterocycles. The first-order valence-corrected chi connectivity index (χ1v) is 5.99. The fraction of sp³-hybridized carbons (Fsp3) is 0.182. The fourth-order valence-electron chi connectivity index (χ4n) is 1.32. The Morgan fingerprint density at radius 2 is 1.94 bits per heavy atom. The van der Waals surface area contributed by atoms with E-state index in [1.807, 2.05) is 24.3 Å². The molecule has 0 unspecified atom stereocenters. The van der Waals surface area contributed by atoms with E-state index in [0.29, 0.717) is 5.01 Å². The summed E-state index contributed by atoms with van der Waals surface area (Å²) in [6, 6.07) is 7.72. The Bertz CT molecular complexity index is 481. The Morgan fingerprint density at radius 3 is 2.56 bits per heavy atom. The third-order valence-electron chi connectivity index (χ3n) is 2.12. The molecule has 0 bridgehead atoms. The molecular formula is C11H9ClN2OS. The predicted octanol–water partition coefficient (Wildman–Crippen LogP) is 2.79. The van der Waals surface area contributed by atoms with E-state index in [9.17, 15) is 4.79 Å². The van der Waals surface area contributed by atoms with Crippen molar-refractivity contribution in [2.75, 3.05) is 0 Å². The molecule has 0 spiro atoms. The highest BCUT2D eigenvalue weighted by atomic mass is 35.5. The number of benzene rings is 1. The second-order valence-electron chi connectivity index (χ2n) is 3.28. The van der Waals surface area contributed by atoms with Crippen LogP contribution in [0.5, 0.6) is 0 Å². The van der Waals surface area contributed by atoms with Crippen molar-refractivity contribution < 1.29 is 4.79 Å². The van der Waals surface area contributed by atoms with Crippen molar-refractivity contribution in [3.63, 3.8) is 0 Å². The molecular weight excluding hydrogens is 244 g/mol. The van der Waals surface area contributed by atoms with Gasteiger partial charge in [-0.05, 0) is 24.1 Å². The van der Waals surface area contributed by atoms with Gasteiger partial charge < -0.3 is 0 Å². The van der Waals surface area contributed by atoms with E-state index in [4.69, 9.17) is 11.6 Å². The van der Waals surface area contributed by atoms with Gasteiger partial charge in [0.2, 0.25) is 0 Å². The number of nitrogens with zero attached hydrogens (tertiary/aromatic N) is 2. The molecule has 16 heavy (non-hydrogen) atoms. The second kappa shape index (κ2) is 5.18. The van der Waals surface area contributed by atoms with Gasteiger partial charge in [0.05, 0.1) is 0 Å². The summed E-state index contributed by atoms with van der Waals surface area (Å²) in [5.74, 6) is 0. The van der Waals surface area contributed by atoms with Crippen molar-refractivity contribution in [3.05, 3.63) is 44.9 Å². The molecule has 82 valence electrons. The number of hydrogen-bond acceptors (Lipinski definition) is 4. The van der Waals surface area contributed by atoms with Gasteiger partial charge in [-0.2, -0.15) is 0 Å². The van der Waals surface area contributed by atoms with Gasteiger partial charge in [0.15, 0.2) is 11.3 Å². The largest absolute Gasteiger partial charge is 0.295 e. The zero-order valence-electron chi connectivity index (χ0n) is 8.39. The van der Waals surface area contributed by atoms with Crippen molar-refractivity contribution in [1.82, 2.24) is 10.2 Å². The summed E-state index contributed by atoms with van der Waals surface area (Å²) < 4.78 is 0. The zero-order valence-corrected chi connectivity index (χ0v) is 9.96. The van der Waals surface area contributed by atoms with Crippen molar-refractivity contribution in [1.29, 1.82) is 0 Å². The van der Waals surface area contributed by atoms with Gasteiger partial charge in [-0.25, -0.2) is 0 Å². The fourth-order valence-corrected chi connectivity index (χ4v) is 2.10. The van der Waals surface area contributed by atoms with E-state index in [0.717, 1.165) is 29.2 Å². The zero-order chi connectivity index (χ0) is 11.4. The normalized spacial score (nSPS) is 10.3. The van der Waals surface area contributed by atoms with E-state index in [-0.39, 0.29) is 0 Å². The number of aldehydes is 1. The van der Waals surface area contributed by atoms with Crippen LogP contribution in [0.15, 0.2) is 24.3 Å². The van der Waals surface area contributed by atoms with Gasteiger partial charge in [-0.3, -0.25) is 4.79 Å². The number of aryl methyl sites for hydroxylation is 2. The Balaban J connectivity index is 1.96. The van der Waals surface area contributed by atoms with E-state index >= 15 is 0 Å². The Labute approximate surface area is 102 Å². The highest BCUT2D eigenvalue weighted by Crippen LogP contribution is 2.14. The SMILES string of the molecule is O=Cc1nnc(CCc2ccc(Cl)cc2)s1. The van der Waals surface area contributed by atoms with Crippen molar-refractivity contribution in [3.8, 4) is 0 Å². The first-order valence-electron chi connectivity index (χ1n) is 4.80. The van der Waals surface area contributed by atoms with E-state index in [1.54, 1.807) is 0 Å².